The lowest BCUT2D eigenvalue weighted by atomic mass is 10.2. The summed E-state index contributed by atoms with van der Waals surface area (Å²) < 4.78 is 35.7. The quantitative estimate of drug-likeness (QED) is 0.780. The van der Waals surface area contributed by atoms with Crippen molar-refractivity contribution in [2.45, 2.75) is 32.6 Å². The van der Waals surface area contributed by atoms with Gasteiger partial charge in [0, 0.05) is 18.3 Å². The van der Waals surface area contributed by atoms with Gasteiger partial charge in [-0.1, -0.05) is 26.0 Å². The van der Waals surface area contributed by atoms with Crippen LogP contribution in [0.1, 0.15) is 19.4 Å². The Kier molecular flexibility index (Phi) is 5.82. The predicted octanol–water partition coefficient (Wildman–Crippen LogP) is 2.87. The highest BCUT2D eigenvalue weighted by Gasteiger charge is 2.27. The summed E-state index contributed by atoms with van der Waals surface area (Å²) >= 11 is 0. The third-order valence-corrected chi connectivity index (χ3v) is 2.38. The van der Waals surface area contributed by atoms with E-state index in [-0.39, 0.29) is 0 Å². The third kappa shape index (κ3) is 6.98. The van der Waals surface area contributed by atoms with Crippen LogP contribution in [-0.4, -0.2) is 24.8 Å². The van der Waals surface area contributed by atoms with Crippen LogP contribution in [0, 0.1) is 0 Å². The third-order valence-electron chi connectivity index (χ3n) is 2.38. The number of nitrogens with one attached hydrogen (secondary N) is 3. The van der Waals surface area contributed by atoms with Crippen molar-refractivity contribution < 1.29 is 18.0 Å². The molecule has 1 rings (SSSR count). The van der Waals surface area contributed by atoms with Crippen molar-refractivity contribution >= 4 is 11.7 Å². The maximum Gasteiger partial charge on any atom is 0.405 e. The number of urea groups is 1. The molecule has 0 aromatic heterocycles. The fourth-order valence-corrected chi connectivity index (χ4v) is 1.38. The SMILES string of the molecule is CC(C)NCc1ccc(NC(=O)NCC(F)(F)F)cc1. The van der Waals surface area contributed by atoms with E-state index in [9.17, 15) is 18.0 Å². The molecule has 20 heavy (non-hydrogen) atoms. The van der Waals surface area contributed by atoms with Gasteiger partial charge in [0.15, 0.2) is 0 Å². The number of halogens is 3. The van der Waals surface area contributed by atoms with Gasteiger partial charge in [0.1, 0.15) is 6.54 Å². The van der Waals surface area contributed by atoms with E-state index in [0.717, 1.165) is 5.56 Å². The molecular weight excluding hydrogens is 271 g/mol. The van der Waals surface area contributed by atoms with Crippen LogP contribution < -0.4 is 16.0 Å². The molecule has 0 aliphatic heterocycles. The molecule has 0 radical (unpaired) electrons. The maximum absolute atomic E-state index is 11.9. The molecule has 0 aliphatic rings. The first-order chi connectivity index (χ1) is 9.26. The molecule has 1 aromatic carbocycles. The van der Waals surface area contributed by atoms with Gasteiger partial charge in [-0.3, -0.25) is 0 Å². The predicted molar refractivity (Wildman–Crippen MR) is 71.5 cm³/mol. The van der Waals surface area contributed by atoms with Crippen molar-refractivity contribution in [1.29, 1.82) is 0 Å². The average Bonchev–Trinajstić information content (AvgIpc) is 2.35. The Labute approximate surface area is 115 Å². The van der Waals surface area contributed by atoms with E-state index < -0.39 is 18.8 Å². The molecule has 0 bridgehead atoms. The minimum absolute atomic E-state index is 0.362. The minimum atomic E-state index is -4.41. The van der Waals surface area contributed by atoms with Crippen molar-refractivity contribution in [2.75, 3.05) is 11.9 Å². The molecule has 1 aromatic rings. The van der Waals surface area contributed by atoms with Gasteiger partial charge in [0.2, 0.25) is 0 Å². The van der Waals surface area contributed by atoms with Crippen LogP contribution in [0.4, 0.5) is 23.7 Å². The van der Waals surface area contributed by atoms with Crippen LogP contribution >= 0.6 is 0 Å². The molecule has 0 saturated heterocycles. The van der Waals surface area contributed by atoms with Crippen LogP contribution in [0.15, 0.2) is 24.3 Å². The van der Waals surface area contributed by atoms with E-state index in [2.05, 4.69) is 10.6 Å². The van der Waals surface area contributed by atoms with Crippen LogP contribution in [0.5, 0.6) is 0 Å². The summed E-state index contributed by atoms with van der Waals surface area (Å²) in [6.45, 7) is 3.40. The van der Waals surface area contributed by atoms with Crippen LogP contribution in [0.25, 0.3) is 0 Å². The molecule has 7 heteroatoms. The van der Waals surface area contributed by atoms with Crippen LogP contribution in [0.3, 0.4) is 0 Å². The first kappa shape index (κ1) is 16.3. The molecule has 112 valence electrons. The molecular formula is C13H18F3N3O. The van der Waals surface area contributed by atoms with Gasteiger partial charge in [0.25, 0.3) is 0 Å². The van der Waals surface area contributed by atoms with E-state index in [4.69, 9.17) is 0 Å². The van der Waals surface area contributed by atoms with Gasteiger partial charge in [0.05, 0.1) is 0 Å². The number of amides is 2. The largest absolute Gasteiger partial charge is 0.405 e. The molecule has 0 aliphatic carbocycles. The van der Waals surface area contributed by atoms with Gasteiger partial charge >= 0.3 is 12.2 Å². The molecule has 3 N–H and O–H groups in total. The van der Waals surface area contributed by atoms with Crippen molar-refractivity contribution in [1.82, 2.24) is 10.6 Å². The van der Waals surface area contributed by atoms with E-state index in [1.165, 1.54) is 0 Å². The van der Waals surface area contributed by atoms with Gasteiger partial charge in [-0.15, -0.1) is 0 Å². The Balaban J connectivity index is 2.43. The normalized spacial score (nSPS) is 11.5. The summed E-state index contributed by atoms with van der Waals surface area (Å²) in [7, 11) is 0. The topological polar surface area (TPSA) is 53.2 Å². The monoisotopic (exact) mass is 289 g/mol. The second-order valence-corrected chi connectivity index (χ2v) is 4.66. The van der Waals surface area contributed by atoms with Crippen LogP contribution in [-0.2, 0) is 6.54 Å². The fraction of sp³-hybridized carbons (Fsp3) is 0.462. The van der Waals surface area contributed by atoms with Crippen molar-refractivity contribution in [3.8, 4) is 0 Å². The zero-order valence-electron chi connectivity index (χ0n) is 11.3. The van der Waals surface area contributed by atoms with Crippen LogP contribution in [0.2, 0.25) is 0 Å². The lowest BCUT2D eigenvalue weighted by Gasteiger charge is -2.11. The second-order valence-electron chi connectivity index (χ2n) is 4.66. The van der Waals surface area contributed by atoms with Crippen molar-refractivity contribution in [2.24, 2.45) is 0 Å². The zero-order chi connectivity index (χ0) is 15.2. The van der Waals surface area contributed by atoms with Gasteiger partial charge < -0.3 is 16.0 Å². The number of hydrogen-bond donors (Lipinski definition) is 3. The summed E-state index contributed by atoms with van der Waals surface area (Å²) in [5.41, 5.74) is 1.47. The number of alkyl halides is 3. The minimum Gasteiger partial charge on any atom is -0.329 e. The number of carbonyl (C=O) groups excluding carboxylic acids is 1. The maximum atomic E-state index is 11.9. The molecule has 0 unspecified atom stereocenters. The second kappa shape index (κ2) is 7.14. The molecule has 0 fully saturated rings. The molecule has 2 amide bonds. The summed E-state index contributed by atoms with van der Waals surface area (Å²) in [6, 6.07) is 6.37. The van der Waals surface area contributed by atoms with E-state index in [1.807, 2.05) is 13.8 Å². The lowest BCUT2D eigenvalue weighted by Crippen LogP contribution is -2.36. The Hall–Kier alpha value is -1.76. The highest BCUT2D eigenvalue weighted by atomic mass is 19.4. The lowest BCUT2D eigenvalue weighted by molar-refractivity contribution is -0.122. The molecule has 0 spiro atoms. The summed E-state index contributed by atoms with van der Waals surface area (Å²) in [5.74, 6) is 0. The van der Waals surface area contributed by atoms with Gasteiger partial charge in [-0.2, -0.15) is 13.2 Å². The van der Waals surface area contributed by atoms with Gasteiger partial charge in [-0.05, 0) is 17.7 Å². The van der Waals surface area contributed by atoms with E-state index in [0.29, 0.717) is 18.3 Å². The van der Waals surface area contributed by atoms with E-state index >= 15 is 0 Å². The van der Waals surface area contributed by atoms with E-state index in [1.54, 1.807) is 29.6 Å². The van der Waals surface area contributed by atoms with Crippen molar-refractivity contribution in [3.05, 3.63) is 29.8 Å². The Morgan fingerprint density at radius 3 is 2.30 bits per heavy atom. The Bertz CT molecular complexity index is 429. The molecule has 0 atom stereocenters. The highest BCUT2D eigenvalue weighted by molar-refractivity contribution is 5.89. The highest BCUT2D eigenvalue weighted by Crippen LogP contribution is 2.13. The number of rotatable bonds is 5. The zero-order valence-corrected chi connectivity index (χ0v) is 11.3. The Morgan fingerprint density at radius 2 is 1.80 bits per heavy atom. The summed E-state index contributed by atoms with van der Waals surface area (Å²) in [6.07, 6.45) is -4.41. The smallest absolute Gasteiger partial charge is 0.329 e. The summed E-state index contributed by atoms with van der Waals surface area (Å²) in [5, 5.41) is 7.31. The van der Waals surface area contributed by atoms with Crippen molar-refractivity contribution in [3.63, 3.8) is 0 Å². The fourth-order valence-electron chi connectivity index (χ4n) is 1.38. The number of benzene rings is 1. The first-order valence-electron chi connectivity index (χ1n) is 6.20. The number of anilines is 1. The number of hydrogen-bond acceptors (Lipinski definition) is 2. The standard InChI is InChI=1S/C13H18F3N3O/c1-9(2)17-7-10-3-5-11(6-4-10)19-12(20)18-8-13(14,15)16/h3-6,9,17H,7-8H2,1-2H3,(H2,18,19,20). The summed E-state index contributed by atoms with van der Waals surface area (Å²) in [4.78, 5) is 11.2. The Morgan fingerprint density at radius 1 is 1.20 bits per heavy atom. The molecule has 0 saturated carbocycles. The van der Waals surface area contributed by atoms with Gasteiger partial charge in [-0.25, -0.2) is 4.79 Å². The molecule has 0 heterocycles. The molecule has 4 nitrogen and oxygen atoms in total. The average molecular weight is 289 g/mol. The first-order valence-corrected chi connectivity index (χ1v) is 6.20. The number of carbonyl (C=O) groups is 1.